The fraction of sp³-hybridized carbons (Fsp3) is 0.600. The number of aromatic nitrogens is 3. The van der Waals surface area contributed by atoms with Crippen LogP contribution in [0.15, 0.2) is 22.9 Å². The molecule has 7 heteroatoms. The van der Waals surface area contributed by atoms with Gasteiger partial charge in [-0.2, -0.15) is 4.98 Å². The van der Waals surface area contributed by atoms with Crippen LogP contribution in [0.3, 0.4) is 0 Å². The fourth-order valence-electron chi connectivity index (χ4n) is 3.93. The lowest BCUT2D eigenvalue weighted by Crippen LogP contribution is -2.32. The zero-order chi connectivity index (χ0) is 19.1. The zero-order valence-corrected chi connectivity index (χ0v) is 16.2. The number of hydrogen-bond acceptors (Lipinski definition) is 6. The molecule has 0 bridgehead atoms. The Morgan fingerprint density at radius 1 is 1.22 bits per heavy atom. The average Bonchev–Trinajstić information content (AvgIpc) is 3.26. The van der Waals surface area contributed by atoms with Gasteiger partial charge in [-0.05, 0) is 56.6 Å². The van der Waals surface area contributed by atoms with Crippen molar-refractivity contribution in [2.45, 2.75) is 64.3 Å². The Kier molecular flexibility index (Phi) is 4.40. The zero-order valence-electron chi connectivity index (χ0n) is 16.2. The first kappa shape index (κ1) is 17.9. The Labute approximate surface area is 159 Å². The fourth-order valence-corrected chi connectivity index (χ4v) is 3.93. The molecular formula is C20H27N5O2. The van der Waals surface area contributed by atoms with Crippen molar-refractivity contribution in [3.05, 3.63) is 24.2 Å². The monoisotopic (exact) mass is 369 g/mol. The third kappa shape index (κ3) is 3.42. The minimum absolute atomic E-state index is 0.0629. The predicted molar refractivity (Wildman–Crippen MR) is 102 cm³/mol. The molecule has 0 aromatic carbocycles. The maximum atomic E-state index is 12.2. The summed E-state index contributed by atoms with van der Waals surface area (Å²) in [4.78, 5) is 21.2. The maximum Gasteiger partial charge on any atom is 0.242 e. The van der Waals surface area contributed by atoms with Crippen molar-refractivity contribution in [1.82, 2.24) is 20.4 Å². The summed E-state index contributed by atoms with van der Waals surface area (Å²) in [6.07, 6.45) is 7.08. The molecule has 2 aliphatic rings. The summed E-state index contributed by atoms with van der Waals surface area (Å²) in [5, 5.41) is 10.6. The summed E-state index contributed by atoms with van der Waals surface area (Å²) in [6, 6.07) is 4.20. The van der Waals surface area contributed by atoms with E-state index in [0.717, 1.165) is 24.2 Å². The smallest absolute Gasteiger partial charge is 0.242 e. The van der Waals surface area contributed by atoms with E-state index in [1.54, 1.807) is 6.20 Å². The highest BCUT2D eigenvalue weighted by Gasteiger charge is 2.44. The standard InChI is InChI=1S/C20H27N5O2/c1-19(2)8-6-13(7-9-19)23-15-14(5-4-11-21-15)16-24-18(27-25-16)20(3)10-12-22-17(20)26/h4-5,11,13H,6-10,12H2,1-3H3,(H,21,23)(H,22,26). The van der Waals surface area contributed by atoms with Crippen LogP contribution in [0.4, 0.5) is 5.82 Å². The number of hydrogen-bond donors (Lipinski definition) is 2. The van der Waals surface area contributed by atoms with Crippen LogP contribution in [0.2, 0.25) is 0 Å². The molecule has 1 unspecified atom stereocenters. The van der Waals surface area contributed by atoms with Crippen molar-refractivity contribution >= 4 is 11.7 Å². The molecule has 1 atom stereocenters. The van der Waals surface area contributed by atoms with Gasteiger partial charge in [0.15, 0.2) is 0 Å². The molecule has 1 aliphatic carbocycles. The molecule has 2 N–H and O–H groups in total. The first-order valence-corrected chi connectivity index (χ1v) is 9.72. The summed E-state index contributed by atoms with van der Waals surface area (Å²) >= 11 is 0. The van der Waals surface area contributed by atoms with E-state index in [-0.39, 0.29) is 5.91 Å². The van der Waals surface area contributed by atoms with E-state index in [0.29, 0.717) is 36.1 Å². The lowest BCUT2D eigenvalue weighted by molar-refractivity contribution is -0.124. The molecule has 0 spiro atoms. The van der Waals surface area contributed by atoms with Crippen LogP contribution in [0.5, 0.6) is 0 Å². The highest BCUT2D eigenvalue weighted by Crippen LogP contribution is 2.37. The van der Waals surface area contributed by atoms with Crippen molar-refractivity contribution in [3.8, 4) is 11.4 Å². The normalized spacial score (nSPS) is 25.4. The average molecular weight is 369 g/mol. The van der Waals surface area contributed by atoms with Gasteiger partial charge in [-0.3, -0.25) is 4.79 Å². The highest BCUT2D eigenvalue weighted by molar-refractivity contribution is 5.88. The molecule has 1 saturated carbocycles. The molecule has 7 nitrogen and oxygen atoms in total. The number of carbonyl (C=O) groups excluding carboxylic acids is 1. The Bertz CT molecular complexity index is 836. The summed E-state index contributed by atoms with van der Waals surface area (Å²) in [5.41, 5.74) is 0.473. The first-order chi connectivity index (χ1) is 12.9. The SMILES string of the molecule is CC1(C)CCC(Nc2ncccc2-c2noc(C3(C)CCNC3=O)n2)CC1. The molecule has 27 heavy (non-hydrogen) atoms. The van der Waals surface area contributed by atoms with E-state index in [1.165, 1.54) is 12.8 Å². The summed E-state index contributed by atoms with van der Waals surface area (Å²) in [6.45, 7) is 7.13. The molecule has 3 heterocycles. The van der Waals surface area contributed by atoms with Gasteiger partial charge in [-0.15, -0.1) is 0 Å². The van der Waals surface area contributed by atoms with Crippen LogP contribution in [-0.4, -0.2) is 33.6 Å². The minimum atomic E-state index is -0.754. The first-order valence-electron chi connectivity index (χ1n) is 9.72. The Balaban J connectivity index is 1.56. The second-order valence-corrected chi connectivity index (χ2v) is 8.74. The number of carbonyl (C=O) groups is 1. The Hall–Kier alpha value is -2.44. The minimum Gasteiger partial charge on any atom is -0.367 e. The van der Waals surface area contributed by atoms with Gasteiger partial charge >= 0.3 is 0 Å². The lowest BCUT2D eigenvalue weighted by Gasteiger charge is -2.35. The Morgan fingerprint density at radius 2 is 2.00 bits per heavy atom. The molecule has 0 radical (unpaired) electrons. The van der Waals surface area contributed by atoms with Gasteiger partial charge in [0.05, 0.1) is 5.56 Å². The summed E-state index contributed by atoms with van der Waals surface area (Å²) in [7, 11) is 0. The molecule has 1 saturated heterocycles. The summed E-state index contributed by atoms with van der Waals surface area (Å²) in [5.74, 6) is 1.54. The third-order valence-electron chi connectivity index (χ3n) is 6.04. The largest absolute Gasteiger partial charge is 0.367 e. The van der Waals surface area contributed by atoms with E-state index in [2.05, 4.69) is 39.6 Å². The van der Waals surface area contributed by atoms with Crippen LogP contribution in [0, 0.1) is 5.41 Å². The number of nitrogens with one attached hydrogen (secondary N) is 2. The van der Waals surface area contributed by atoms with E-state index in [4.69, 9.17) is 4.52 Å². The molecule has 2 fully saturated rings. The van der Waals surface area contributed by atoms with Crippen molar-refractivity contribution in [2.75, 3.05) is 11.9 Å². The number of amides is 1. The van der Waals surface area contributed by atoms with Crippen molar-refractivity contribution in [1.29, 1.82) is 0 Å². The van der Waals surface area contributed by atoms with E-state index < -0.39 is 5.41 Å². The highest BCUT2D eigenvalue weighted by atomic mass is 16.5. The van der Waals surface area contributed by atoms with E-state index in [1.807, 2.05) is 19.1 Å². The van der Waals surface area contributed by atoms with Gasteiger partial charge in [0.1, 0.15) is 11.2 Å². The number of anilines is 1. The van der Waals surface area contributed by atoms with Gasteiger partial charge < -0.3 is 15.2 Å². The van der Waals surface area contributed by atoms with Gasteiger partial charge in [-0.25, -0.2) is 4.98 Å². The van der Waals surface area contributed by atoms with Crippen molar-refractivity contribution in [3.63, 3.8) is 0 Å². The second kappa shape index (κ2) is 6.62. The van der Waals surface area contributed by atoms with Crippen LogP contribution >= 0.6 is 0 Å². The molecule has 1 amide bonds. The number of nitrogens with zero attached hydrogens (tertiary/aromatic N) is 3. The second-order valence-electron chi connectivity index (χ2n) is 8.74. The topological polar surface area (TPSA) is 92.9 Å². The van der Waals surface area contributed by atoms with Gasteiger partial charge in [0.2, 0.25) is 17.6 Å². The van der Waals surface area contributed by atoms with Crippen LogP contribution in [0.1, 0.15) is 58.8 Å². The van der Waals surface area contributed by atoms with Gasteiger partial charge in [0, 0.05) is 18.8 Å². The van der Waals surface area contributed by atoms with Crippen LogP contribution < -0.4 is 10.6 Å². The summed E-state index contributed by atoms with van der Waals surface area (Å²) < 4.78 is 5.47. The van der Waals surface area contributed by atoms with Crippen molar-refractivity contribution in [2.24, 2.45) is 5.41 Å². The third-order valence-corrected chi connectivity index (χ3v) is 6.04. The maximum absolute atomic E-state index is 12.2. The van der Waals surface area contributed by atoms with Crippen molar-refractivity contribution < 1.29 is 9.32 Å². The molecule has 1 aliphatic heterocycles. The van der Waals surface area contributed by atoms with Crippen LogP contribution in [0.25, 0.3) is 11.4 Å². The number of rotatable bonds is 4. The van der Waals surface area contributed by atoms with Gasteiger partial charge in [0.25, 0.3) is 0 Å². The van der Waals surface area contributed by atoms with E-state index >= 15 is 0 Å². The van der Waals surface area contributed by atoms with Crippen LogP contribution in [-0.2, 0) is 10.2 Å². The Morgan fingerprint density at radius 3 is 2.70 bits per heavy atom. The predicted octanol–water partition coefficient (Wildman–Crippen LogP) is 3.29. The lowest BCUT2D eigenvalue weighted by atomic mass is 9.75. The molecule has 2 aromatic rings. The molecular weight excluding hydrogens is 342 g/mol. The molecule has 4 rings (SSSR count). The molecule has 2 aromatic heterocycles. The molecule has 144 valence electrons. The number of pyridine rings is 1. The van der Waals surface area contributed by atoms with E-state index in [9.17, 15) is 4.79 Å². The van der Waals surface area contributed by atoms with Gasteiger partial charge in [-0.1, -0.05) is 19.0 Å². The quantitative estimate of drug-likeness (QED) is 0.859.